The van der Waals surface area contributed by atoms with E-state index < -0.39 is 0 Å². The zero-order chi connectivity index (χ0) is 11.5. The van der Waals surface area contributed by atoms with Crippen LogP contribution in [0, 0.1) is 0 Å². The molecule has 1 aliphatic heterocycles. The Morgan fingerprint density at radius 2 is 1.69 bits per heavy atom. The van der Waals surface area contributed by atoms with Gasteiger partial charge in [-0.25, -0.2) is 4.79 Å². The van der Waals surface area contributed by atoms with Gasteiger partial charge in [0.15, 0.2) is 0 Å². The van der Waals surface area contributed by atoms with E-state index in [9.17, 15) is 4.79 Å². The van der Waals surface area contributed by atoms with Gasteiger partial charge in [0, 0.05) is 26.2 Å². The maximum atomic E-state index is 12.1. The molecule has 16 heavy (non-hydrogen) atoms. The number of hydrogen-bond acceptors (Lipinski definition) is 1. The molecule has 0 atom stereocenters. The van der Waals surface area contributed by atoms with E-state index >= 15 is 0 Å². The summed E-state index contributed by atoms with van der Waals surface area (Å²) in [6, 6.07) is 8.42. The summed E-state index contributed by atoms with van der Waals surface area (Å²) in [7, 11) is 0. The fourth-order valence-electron chi connectivity index (χ4n) is 2.16. The Balaban J connectivity index is 2.08. The molecular formula is C13H18N2O. The van der Waals surface area contributed by atoms with Crippen molar-refractivity contribution in [1.82, 2.24) is 9.80 Å². The summed E-state index contributed by atoms with van der Waals surface area (Å²) in [5, 5.41) is 0. The molecule has 0 bridgehead atoms. The van der Waals surface area contributed by atoms with E-state index in [0.717, 1.165) is 26.2 Å². The fraction of sp³-hybridized carbons (Fsp3) is 0.462. The standard InChI is InChI=1S/C13H18N2O/c1-3-14(4-2)13(16)15-9-11-7-5-6-8-12(11)10-15/h5-8H,3-4,9-10H2,1-2H3. The Morgan fingerprint density at radius 1 is 1.19 bits per heavy atom. The Bertz CT molecular complexity index is 360. The molecular weight excluding hydrogens is 200 g/mol. The second-order valence-electron chi connectivity index (χ2n) is 4.08. The molecule has 1 aromatic carbocycles. The van der Waals surface area contributed by atoms with Gasteiger partial charge in [-0.3, -0.25) is 0 Å². The lowest BCUT2D eigenvalue weighted by Crippen LogP contribution is -2.40. The highest BCUT2D eigenvalue weighted by atomic mass is 16.2. The van der Waals surface area contributed by atoms with Gasteiger partial charge in [0.1, 0.15) is 0 Å². The van der Waals surface area contributed by atoms with Crippen molar-refractivity contribution in [2.45, 2.75) is 26.9 Å². The topological polar surface area (TPSA) is 23.6 Å². The van der Waals surface area contributed by atoms with Gasteiger partial charge in [0.25, 0.3) is 0 Å². The van der Waals surface area contributed by atoms with E-state index in [4.69, 9.17) is 0 Å². The van der Waals surface area contributed by atoms with Gasteiger partial charge in [-0.15, -0.1) is 0 Å². The smallest absolute Gasteiger partial charge is 0.320 e. The monoisotopic (exact) mass is 218 g/mol. The highest BCUT2D eigenvalue weighted by Gasteiger charge is 2.25. The minimum absolute atomic E-state index is 0.154. The number of carbonyl (C=O) groups excluding carboxylic acids is 1. The summed E-state index contributed by atoms with van der Waals surface area (Å²) >= 11 is 0. The number of rotatable bonds is 2. The summed E-state index contributed by atoms with van der Waals surface area (Å²) in [5.41, 5.74) is 2.56. The molecule has 0 saturated heterocycles. The van der Waals surface area contributed by atoms with Crippen LogP contribution in [-0.2, 0) is 13.1 Å². The zero-order valence-electron chi connectivity index (χ0n) is 9.94. The molecule has 2 rings (SSSR count). The normalized spacial score (nSPS) is 13.8. The molecule has 0 N–H and O–H groups in total. The summed E-state index contributed by atoms with van der Waals surface area (Å²) < 4.78 is 0. The summed E-state index contributed by atoms with van der Waals surface area (Å²) in [6.07, 6.45) is 0. The van der Waals surface area contributed by atoms with E-state index in [2.05, 4.69) is 12.1 Å². The number of benzene rings is 1. The third-order valence-electron chi connectivity index (χ3n) is 3.15. The second-order valence-corrected chi connectivity index (χ2v) is 4.08. The van der Waals surface area contributed by atoms with Gasteiger partial charge in [-0.1, -0.05) is 24.3 Å². The number of carbonyl (C=O) groups is 1. The van der Waals surface area contributed by atoms with Crippen molar-refractivity contribution in [1.29, 1.82) is 0 Å². The molecule has 0 fully saturated rings. The van der Waals surface area contributed by atoms with Crippen molar-refractivity contribution >= 4 is 6.03 Å². The van der Waals surface area contributed by atoms with Gasteiger partial charge >= 0.3 is 6.03 Å². The number of nitrogens with zero attached hydrogens (tertiary/aromatic N) is 2. The van der Waals surface area contributed by atoms with Crippen molar-refractivity contribution in [3.8, 4) is 0 Å². The van der Waals surface area contributed by atoms with E-state index in [1.807, 2.05) is 35.8 Å². The summed E-state index contributed by atoms with van der Waals surface area (Å²) in [5.74, 6) is 0. The van der Waals surface area contributed by atoms with Crippen LogP contribution in [0.1, 0.15) is 25.0 Å². The minimum atomic E-state index is 0.154. The molecule has 0 unspecified atom stereocenters. The van der Waals surface area contributed by atoms with Gasteiger partial charge in [0.2, 0.25) is 0 Å². The molecule has 2 amide bonds. The van der Waals surface area contributed by atoms with Crippen molar-refractivity contribution in [3.05, 3.63) is 35.4 Å². The minimum Gasteiger partial charge on any atom is -0.325 e. The molecule has 3 heteroatoms. The first-order chi connectivity index (χ1) is 7.76. The van der Waals surface area contributed by atoms with Crippen LogP contribution in [0.25, 0.3) is 0 Å². The highest BCUT2D eigenvalue weighted by molar-refractivity contribution is 5.75. The summed E-state index contributed by atoms with van der Waals surface area (Å²) in [6.45, 7) is 7.11. The van der Waals surface area contributed by atoms with Gasteiger partial charge < -0.3 is 9.80 Å². The first kappa shape index (κ1) is 11.0. The van der Waals surface area contributed by atoms with E-state index in [1.54, 1.807) is 0 Å². The number of hydrogen-bond donors (Lipinski definition) is 0. The average Bonchev–Trinajstić information content (AvgIpc) is 2.74. The first-order valence-electron chi connectivity index (χ1n) is 5.86. The van der Waals surface area contributed by atoms with E-state index in [0.29, 0.717) is 0 Å². The maximum Gasteiger partial charge on any atom is 0.320 e. The third-order valence-corrected chi connectivity index (χ3v) is 3.15. The largest absolute Gasteiger partial charge is 0.325 e. The average molecular weight is 218 g/mol. The van der Waals surface area contributed by atoms with Crippen molar-refractivity contribution < 1.29 is 4.79 Å². The van der Waals surface area contributed by atoms with Crippen LogP contribution in [-0.4, -0.2) is 28.9 Å². The molecule has 86 valence electrons. The molecule has 0 aromatic heterocycles. The van der Waals surface area contributed by atoms with Crippen LogP contribution in [0.15, 0.2) is 24.3 Å². The number of urea groups is 1. The Hall–Kier alpha value is -1.51. The van der Waals surface area contributed by atoms with Crippen LogP contribution in [0.5, 0.6) is 0 Å². The lowest BCUT2D eigenvalue weighted by atomic mass is 10.1. The number of fused-ring (bicyclic) bond motifs is 1. The van der Waals surface area contributed by atoms with Crippen LogP contribution >= 0.6 is 0 Å². The number of amides is 2. The van der Waals surface area contributed by atoms with Gasteiger partial charge in [-0.2, -0.15) is 0 Å². The molecule has 1 heterocycles. The fourth-order valence-corrected chi connectivity index (χ4v) is 2.16. The highest BCUT2D eigenvalue weighted by Crippen LogP contribution is 2.23. The predicted molar refractivity (Wildman–Crippen MR) is 64.0 cm³/mol. The zero-order valence-corrected chi connectivity index (χ0v) is 9.94. The Labute approximate surface area is 96.7 Å². The molecule has 0 spiro atoms. The molecule has 3 nitrogen and oxygen atoms in total. The van der Waals surface area contributed by atoms with Crippen LogP contribution in [0.4, 0.5) is 4.79 Å². The molecule has 1 aliphatic rings. The maximum absolute atomic E-state index is 12.1. The first-order valence-corrected chi connectivity index (χ1v) is 5.86. The van der Waals surface area contributed by atoms with Crippen molar-refractivity contribution in [2.24, 2.45) is 0 Å². The quantitative estimate of drug-likeness (QED) is 0.748. The lowest BCUT2D eigenvalue weighted by Gasteiger charge is -2.25. The van der Waals surface area contributed by atoms with Gasteiger partial charge in [0.05, 0.1) is 0 Å². The van der Waals surface area contributed by atoms with E-state index in [-0.39, 0.29) is 6.03 Å². The molecule has 0 aliphatic carbocycles. The van der Waals surface area contributed by atoms with Crippen molar-refractivity contribution in [3.63, 3.8) is 0 Å². The molecule has 0 radical (unpaired) electrons. The van der Waals surface area contributed by atoms with E-state index in [1.165, 1.54) is 11.1 Å². The molecule has 0 saturated carbocycles. The summed E-state index contributed by atoms with van der Waals surface area (Å²) in [4.78, 5) is 15.9. The second kappa shape index (κ2) is 4.56. The van der Waals surface area contributed by atoms with Crippen LogP contribution in [0.3, 0.4) is 0 Å². The lowest BCUT2D eigenvalue weighted by molar-refractivity contribution is 0.157. The van der Waals surface area contributed by atoms with Gasteiger partial charge in [-0.05, 0) is 25.0 Å². The van der Waals surface area contributed by atoms with Crippen LogP contribution in [0.2, 0.25) is 0 Å². The Morgan fingerprint density at radius 3 is 2.12 bits per heavy atom. The third kappa shape index (κ3) is 1.90. The SMILES string of the molecule is CCN(CC)C(=O)N1Cc2ccccc2C1. The Kier molecular flexibility index (Phi) is 3.13. The van der Waals surface area contributed by atoms with Crippen molar-refractivity contribution in [2.75, 3.05) is 13.1 Å². The molecule has 1 aromatic rings. The van der Waals surface area contributed by atoms with Crippen LogP contribution < -0.4 is 0 Å². The predicted octanol–water partition coefficient (Wildman–Crippen LogP) is 2.46.